The van der Waals surface area contributed by atoms with Crippen LogP contribution in [0, 0.1) is 5.21 Å². The van der Waals surface area contributed by atoms with E-state index in [2.05, 4.69) is 10.6 Å². The van der Waals surface area contributed by atoms with Gasteiger partial charge in [0.05, 0.1) is 0 Å². The first-order valence-corrected chi connectivity index (χ1v) is 6.23. The van der Waals surface area contributed by atoms with E-state index in [0.29, 0.717) is 4.73 Å². The Hall–Kier alpha value is -2.31. The molecule has 0 unspecified atom stereocenters. The van der Waals surface area contributed by atoms with Crippen LogP contribution in [0.3, 0.4) is 0 Å². The van der Waals surface area contributed by atoms with Crippen molar-refractivity contribution in [3.63, 3.8) is 0 Å². The first-order valence-electron chi connectivity index (χ1n) is 6.23. The standard InChI is InChI=1S/C13H19N3O4/c1-13(2,3)20-12(18)15-8-7-14-11(17)10-6-4-5-9-16(10)19/h4-6,9H,7-8H2,1-3H3,(H,14,17)(H,15,18). The summed E-state index contributed by atoms with van der Waals surface area (Å²) in [5.41, 5.74) is -0.560. The monoisotopic (exact) mass is 281 g/mol. The molecule has 2 N–H and O–H groups in total. The number of aromatic nitrogens is 1. The van der Waals surface area contributed by atoms with Gasteiger partial charge in [0.2, 0.25) is 0 Å². The van der Waals surface area contributed by atoms with Crippen molar-refractivity contribution in [1.29, 1.82) is 0 Å². The molecule has 20 heavy (non-hydrogen) atoms. The van der Waals surface area contributed by atoms with E-state index in [1.54, 1.807) is 26.8 Å². The average molecular weight is 281 g/mol. The lowest BCUT2D eigenvalue weighted by Gasteiger charge is -2.19. The minimum Gasteiger partial charge on any atom is -0.618 e. The van der Waals surface area contributed by atoms with E-state index in [9.17, 15) is 14.8 Å². The van der Waals surface area contributed by atoms with Crippen molar-refractivity contribution in [2.45, 2.75) is 26.4 Å². The van der Waals surface area contributed by atoms with E-state index in [-0.39, 0.29) is 18.8 Å². The smallest absolute Gasteiger partial charge is 0.407 e. The summed E-state index contributed by atoms with van der Waals surface area (Å²) in [6.07, 6.45) is 0.693. The van der Waals surface area contributed by atoms with Gasteiger partial charge in [-0.3, -0.25) is 4.79 Å². The van der Waals surface area contributed by atoms with Crippen molar-refractivity contribution in [1.82, 2.24) is 10.6 Å². The summed E-state index contributed by atoms with van der Waals surface area (Å²) in [6.45, 7) is 5.70. The molecule has 2 amide bonds. The first-order chi connectivity index (χ1) is 9.29. The molecule has 1 aromatic rings. The summed E-state index contributed by atoms with van der Waals surface area (Å²) in [7, 11) is 0. The van der Waals surface area contributed by atoms with E-state index in [4.69, 9.17) is 4.74 Å². The number of amides is 2. The Morgan fingerprint density at radius 3 is 2.50 bits per heavy atom. The van der Waals surface area contributed by atoms with Gasteiger partial charge in [-0.1, -0.05) is 0 Å². The van der Waals surface area contributed by atoms with Crippen LogP contribution in [0.4, 0.5) is 4.79 Å². The average Bonchev–Trinajstić information content (AvgIpc) is 2.33. The van der Waals surface area contributed by atoms with Crippen LogP contribution < -0.4 is 15.4 Å². The lowest BCUT2D eigenvalue weighted by atomic mass is 10.2. The van der Waals surface area contributed by atoms with Gasteiger partial charge >= 0.3 is 12.0 Å². The summed E-state index contributed by atoms with van der Waals surface area (Å²) in [5.74, 6) is -0.494. The van der Waals surface area contributed by atoms with Gasteiger partial charge in [0.1, 0.15) is 5.60 Å². The normalized spacial score (nSPS) is 10.8. The maximum Gasteiger partial charge on any atom is 0.407 e. The molecule has 110 valence electrons. The molecule has 0 aromatic carbocycles. The number of nitrogens with one attached hydrogen (secondary N) is 2. The van der Waals surface area contributed by atoms with Crippen LogP contribution in [0.15, 0.2) is 24.4 Å². The molecular formula is C13H19N3O4. The van der Waals surface area contributed by atoms with E-state index in [1.165, 1.54) is 18.3 Å². The molecule has 0 aliphatic heterocycles. The first kappa shape index (κ1) is 15.7. The van der Waals surface area contributed by atoms with E-state index < -0.39 is 17.6 Å². The molecule has 1 rings (SSSR count). The molecular weight excluding hydrogens is 262 g/mol. The van der Waals surface area contributed by atoms with E-state index in [0.717, 1.165) is 0 Å². The number of alkyl carbamates (subject to hydrolysis) is 1. The topological polar surface area (TPSA) is 94.4 Å². The Labute approximate surface area is 117 Å². The number of pyridine rings is 1. The fourth-order valence-electron chi connectivity index (χ4n) is 1.35. The maximum atomic E-state index is 11.7. The van der Waals surface area contributed by atoms with Gasteiger partial charge in [-0.25, -0.2) is 4.79 Å². The zero-order chi connectivity index (χ0) is 15.2. The third-order valence-corrected chi connectivity index (χ3v) is 2.14. The molecule has 0 aliphatic carbocycles. The van der Waals surface area contributed by atoms with Gasteiger partial charge in [0.25, 0.3) is 5.69 Å². The zero-order valence-corrected chi connectivity index (χ0v) is 11.8. The molecule has 0 spiro atoms. The molecule has 1 heterocycles. The van der Waals surface area contributed by atoms with Gasteiger partial charge in [-0.05, 0) is 26.8 Å². The highest BCUT2D eigenvalue weighted by Crippen LogP contribution is 2.05. The maximum absolute atomic E-state index is 11.7. The van der Waals surface area contributed by atoms with E-state index >= 15 is 0 Å². The summed E-state index contributed by atoms with van der Waals surface area (Å²) >= 11 is 0. The fourth-order valence-corrected chi connectivity index (χ4v) is 1.35. The second kappa shape index (κ2) is 6.74. The van der Waals surface area contributed by atoms with Crippen molar-refractivity contribution in [3.8, 4) is 0 Å². The van der Waals surface area contributed by atoms with Crippen LogP contribution in [-0.4, -0.2) is 30.7 Å². The molecule has 1 aromatic heterocycles. The quantitative estimate of drug-likeness (QED) is 0.479. The SMILES string of the molecule is CC(C)(C)OC(=O)NCCNC(=O)c1cccc[n+]1[O-]. The minimum absolute atomic E-state index is 0.00441. The van der Waals surface area contributed by atoms with Gasteiger partial charge in [-0.2, -0.15) is 4.73 Å². The molecule has 0 fully saturated rings. The van der Waals surface area contributed by atoms with E-state index in [1.807, 2.05) is 0 Å². The van der Waals surface area contributed by atoms with Crippen LogP contribution in [0.5, 0.6) is 0 Å². The number of carbonyl (C=O) groups is 2. The second-order valence-corrected chi connectivity index (χ2v) is 5.10. The highest BCUT2D eigenvalue weighted by atomic mass is 16.6. The van der Waals surface area contributed by atoms with Gasteiger partial charge < -0.3 is 20.6 Å². The Balaban J connectivity index is 2.30. The van der Waals surface area contributed by atoms with Gasteiger partial charge in [-0.15, -0.1) is 0 Å². The lowest BCUT2D eigenvalue weighted by Crippen LogP contribution is -2.42. The lowest BCUT2D eigenvalue weighted by molar-refractivity contribution is -0.607. The largest absolute Gasteiger partial charge is 0.618 e. The van der Waals surface area contributed by atoms with Crippen molar-refractivity contribution in [2.24, 2.45) is 0 Å². The number of nitrogens with zero attached hydrogens (tertiary/aromatic N) is 1. The highest BCUT2D eigenvalue weighted by molar-refractivity contribution is 5.90. The van der Waals surface area contributed by atoms with Crippen molar-refractivity contribution in [2.75, 3.05) is 13.1 Å². The number of carbonyl (C=O) groups excluding carboxylic acids is 2. The van der Waals surface area contributed by atoms with Crippen LogP contribution >= 0.6 is 0 Å². The molecule has 0 atom stereocenters. The Bertz CT molecular complexity index is 483. The van der Waals surface area contributed by atoms with Crippen LogP contribution in [-0.2, 0) is 4.74 Å². The van der Waals surface area contributed by atoms with Gasteiger partial charge in [0.15, 0.2) is 6.20 Å². The molecule has 7 heteroatoms. The third kappa shape index (κ3) is 5.55. The minimum atomic E-state index is -0.564. The Morgan fingerprint density at radius 1 is 1.25 bits per heavy atom. The number of rotatable bonds is 4. The second-order valence-electron chi connectivity index (χ2n) is 5.10. The molecule has 7 nitrogen and oxygen atoms in total. The van der Waals surface area contributed by atoms with Crippen LogP contribution in [0.25, 0.3) is 0 Å². The molecule has 0 aliphatic rings. The number of hydrogen-bond acceptors (Lipinski definition) is 4. The molecule has 0 saturated heterocycles. The predicted molar refractivity (Wildman–Crippen MR) is 72.0 cm³/mol. The van der Waals surface area contributed by atoms with Crippen molar-refractivity contribution in [3.05, 3.63) is 35.3 Å². The Kier molecular flexibility index (Phi) is 5.31. The molecule has 0 radical (unpaired) electrons. The summed E-state index contributed by atoms with van der Waals surface area (Å²) in [5, 5.41) is 16.4. The van der Waals surface area contributed by atoms with Gasteiger partial charge in [0, 0.05) is 25.2 Å². The molecule has 0 saturated carbocycles. The summed E-state index contributed by atoms with van der Waals surface area (Å²) in [6, 6.07) is 4.56. The summed E-state index contributed by atoms with van der Waals surface area (Å²) in [4.78, 5) is 23.0. The van der Waals surface area contributed by atoms with Crippen molar-refractivity contribution < 1.29 is 19.1 Å². The Morgan fingerprint density at radius 2 is 1.90 bits per heavy atom. The number of ether oxygens (including phenoxy) is 1. The fraction of sp³-hybridized carbons (Fsp3) is 0.462. The van der Waals surface area contributed by atoms with Crippen molar-refractivity contribution >= 4 is 12.0 Å². The highest BCUT2D eigenvalue weighted by Gasteiger charge is 2.16. The molecule has 0 bridgehead atoms. The number of hydrogen-bond donors (Lipinski definition) is 2. The van der Waals surface area contributed by atoms with Crippen LogP contribution in [0.2, 0.25) is 0 Å². The summed E-state index contributed by atoms with van der Waals surface area (Å²) < 4.78 is 5.51. The third-order valence-electron chi connectivity index (χ3n) is 2.14. The zero-order valence-electron chi connectivity index (χ0n) is 11.8. The van der Waals surface area contributed by atoms with Crippen LogP contribution in [0.1, 0.15) is 31.3 Å². The predicted octanol–water partition coefficient (Wildman–Crippen LogP) is 0.574.